The van der Waals surface area contributed by atoms with Crippen molar-refractivity contribution in [2.24, 2.45) is 0 Å². The Morgan fingerprint density at radius 2 is 2.00 bits per heavy atom. The van der Waals surface area contributed by atoms with Crippen LogP contribution in [0.5, 0.6) is 0 Å². The highest BCUT2D eigenvalue weighted by Gasteiger charge is 2.15. The summed E-state index contributed by atoms with van der Waals surface area (Å²) in [6.07, 6.45) is 4.57. The van der Waals surface area contributed by atoms with Crippen molar-refractivity contribution < 1.29 is 19.1 Å². The zero-order valence-electron chi connectivity index (χ0n) is 12.6. The van der Waals surface area contributed by atoms with E-state index in [0.29, 0.717) is 31.6 Å². The summed E-state index contributed by atoms with van der Waals surface area (Å²) in [6.45, 7) is 8.35. The summed E-state index contributed by atoms with van der Waals surface area (Å²) in [7, 11) is 0. The average molecular weight is 281 g/mol. The number of nitrogens with zero attached hydrogens (tertiary/aromatic N) is 1. The molecule has 20 heavy (non-hydrogen) atoms. The van der Waals surface area contributed by atoms with Crippen LogP contribution in [0.4, 0.5) is 0 Å². The molecule has 0 aliphatic heterocycles. The molecule has 0 amide bonds. The highest BCUT2D eigenvalue weighted by Crippen LogP contribution is 2.10. The van der Waals surface area contributed by atoms with E-state index in [2.05, 4.69) is 0 Å². The summed E-state index contributed by atoms with van der Waals surface area (Å²) in [4.78, 5) is 23.0. The summed E-state index contributed by atoms with van der Waals surface area (Å²) in [5.41, 5.74) is 0.0887. The summed E-state index contributed by atoms with van der Waals surface area (Å²) < 4.78 is 12.0. The molecule has 1 rings (SSSR count). The molecule has 0 unspecified atom stereocenters. The number of carbonyl (C=O) groups excluding carboxylic acids is 2. The van der Waals surface area contributed by atoms with Gasteiger partial charge in [-0.1, -0.05) is 0 Å². The predicted octanol–water partition coefficient (Wildman–Crippen LogP) is 2.79. The Hall–Kier alpha value is -1.78. The van der Waals surface area contributed by atoms with Gasteiger partial charge in [-0.05, 0) is 40.2 Å². The first kappa shape index (κ1) is 16.3. The molecule has 1 heterocycles. The van der Waals surface area contributed by atoms with Crippen LogP contribution in [-0.4, -0.2) is 28.7 Å². The molecule has 0 atom stereocenters. The Morgan fingerprint density at radius 1 is 1.30 bits per heavy atom. The summed E-state index contributed by atoms with van der Waals surface area (Å²) in [6, 6.07) is 1.71. The fourth-order valence-electron chi connectivity index (χ4n) is 1.71. The maximum absolute atomic E-state index is 11.5. The van der Waals surface area contributed by atoms with Crippen molar-refractivity contribution in [3.63, 3.8) is 0 Å². The van der Waals surface area contributed by atoms with Crippen molar-refractivity contribution in [3.8, 4) is 0 Å². The van der Waals surface area contributed by atoms with E-state index in [1.165, 1.54) is 0 Å². The zero-order valence-corrected chi connectivity index (χ0v) is 12.6. The summed E-state index contributed by atoms with van der Waals surface area (Å²) in [5.74, 6) is -0.520. The molecule has 0 fully saturated rings. The third kappa shape index (κ3) is 5.91. The largest absolute Gasteiger partial charge is 0.462 e. The molecule has 112 valence electrons. The van der Waals surface area contributed by atoms with Crippen LogP contribution in [0.1, 0.15) is 50.9 Å². The van der Waals surface area contributed by atoms with Gasteiger partial charge in [0.15, 0.2) is 0 Å². The van der Waals surface area contributed by atoms with Crippen LogP contribution in [0, 0.1) is 0 Å². The number of carbonyl (C=O) groups is 2. The van der Waals surface area contributed by atoms with Gasteiger partial charge in [-0.3, -0.25) is 4.79 Å². The second kappa shape index (κ2) is 7.12. The molecule has 0 N–H and O–H groups in total. The molecule has 5 heteroatoms. The molecule has 5 nitrogen and oxygen atoms in total. The standard InChI is InChI=1S/C15H23NO4/c1-5-19-14(18)12-8-10-16(11-12)9-6-7-13(17)20-15(2,3)4/h8,10-11H,5-7,9H2,1-4H3. The third-order valence-electron chi connectivity index (χ3n) is 2.48. The van der Waals surface area contributed by atoms with Crippen LogP contribution in [0.3, 0.4) is 0 Å². The van der Waals surface area contributed by atoms with E-state index in [-0.39, 0.29) is 11.9 Å². The minimum Gasteiger partial charge on any atom is -0.462 e. The van der Waals surface area contributed by atoms with Crippen molar-refractivity contribution in [1.29, 1.82) is 0 Å². The maximum atomic E-state index is 11.5. The second-order valence-electron chi connectivity index (χ2n) is 5.55. The fraction of sp³-hybridized carbons (Fsp3) is 0.600. The highest BCUT2D eigenvalue weighted by atomic mass is 16.6. The first-order valence-electron chi connectivity index (χ1n) is 6.86. The number of aromatic nitrogens is 1. The molecular formula is C15H23NO4. The SMILES string of the molecule is CCOC(=O)c1ccn(CCCC(=O)OC(C)(C)C)c1. The van der Waals surface area contributed by atoms with E-state index in [9.17, 15) is 9.59 Å². The van der Waals surface area contributed by atoms with Gasteiger partial charge in [-0.2, -0.15) is 0 Å². The van der Waals surface area contributed by atoms with Crippen LogP contribution >= 0.6 is 0 Å². The summed E-state index contributed by atoms with van der Waals surface area (Å²) in [5, 5.41) is 0. The monoisotopic (exact) mass is 281 g/mol. The van der Waals surface area contributed by atoms with Crippen molar-refractivity contribution in [2.45, 2.75) is 52.7 Å². The van der Waals surface area contributed by atoms with Crippen molar-refractivity contribution >= 4 is 11.9 Å². The number of aryl methyl sites for hydroxylation is 1. The lowest BCUT2D eigenvalue weighted by atomic mass is 10.2. The van der Waals surface area contributed by atoms with Gasteiger partial charge in [0, 0.05) is 25.4 Å². The minimum absolute atomic E-state index is 0.199. The Balaban J connectivity index is 2.36. The van der Waals surface area contributed by atoms with E-state index in [1.807, 2.05) is 25.3 Å². The van der Waals surface area contributed by atoms with Gasteiger partial charge in [0.2, 0.25) is 0 Å². The topological polar surface area (TPSA) is 57.5 Å². The molecule has 0 saturated heterocycles. The van der Waals surface area contributed by atoms with Crippen LogP contribution in [-0.2, 0) is 20.8 Å². The lowest BCUT2D eigenvalue weighted by Crippen LogP contribution is -2.23. The highest BCUT2D eigenvalue weighted by molar-refractivity contribution is 5.89. The third-order valence-corrected chi connectivity index (χ3v) is 2.48. The Kier molecular flexibility index (Phi) is 5.80. The number of esters is 2. The summed E-state index contributed by atoms with van der Waals surface area (Å²) >= 11 is 0. The Labute approximate surface area is 119 Å². The van der Waals surface area contributed by atoms with E-state index in [0.717, 1.165) is 0 Å². The molecule has 0 spiro atoms. The van der Waals surface area contributed by atoms with Crippen molar-refractivity contribution in [2.75, 3.05) is 6.61 Å². The molecule has 0 radical (unpaired) electrons. The van der Waals surface area contributed by atoms with Crippen molar-refractivity contribution in [3.05, 3.63) is 24.0 Å². The molecular weight excluding hydrogens is 258 g/mol. The Morgan fingerprint density at radius 3 is 2.60 bits per heavy atom. The molecule has 1 aromatic rings. The van der Waals surface area contributed by atoms with Gasteiger partial charge >= 0.3 is 11.9 Å². The van der Waals surface area contributed by atoms with Crippen LogP contribution in [0.2, 0.25) is 0 Å². The van der Waals surface area contributed by atoms with Crippen LogP contribution in [0.25, 0.3) is 0 Å². The van der Waals surface area contributed by atoms with Gasteiger partial charge in [0.05, 0.1) is 12.2 Å². The van der Waals surface area contributed by atoms with E-state index < -0.39 is 5.60 Å². The van der Waals surface area contributed by atoms with E-state index >= 15 is 0 Å². The Bertz CT molecular complexity index is 457. The zero-order chi connectivity index (χ0) is 15.2. The minimum atomic E-state index is -0.443. The van der Waals surface area contributed by atoms with Gasteiger partial charge in [-0.25, -0.2) is 4.79 Å². The molecule has 0 bridgehead atoms. The van der Waals surface area contributed by atoms with Gasteiger partial charge in [0.25, 0.3) is 0 Å². The number of hydrogen-bond donors (Lipinski definition) is 0. The lowest BCUT2D eigenvalue weighted by molar-refractivity contribution is -0.154. The van der Waals surface area contributed by atoms with Gasteiger partial charge < -0.3 is 14.0 Å². The lowest BCUT2D eigenvalue weighted by Gasteiger charge is -2.19. The number of hydrogen-bond acceptors (Lipinski definition) is 4. The molecule has 1 aromatic heterocycles. The first-order chi connectivity index (χ1) is 9.31. The smallest absolute Gasteiger partial charge is 0.339 e. The van der Waals surface area contributed by atoms with Crippen LogP contribution < -0.4 is 0 Å². The second-order valence-corrected chi connectivity index (χ2v) is 5.55. The van der Waals surface area contributed by atoms with E-state index in [4.69, 9.17) is 9.47 Å². The number of rotatable bonds is 6. The number of ether oxygens (including phenoxy) is 2. The van der Waals surface area contributed by atoms with Crippen LogP contribution in [0.15, 0.2) is 18.5 Å². The fourth-order valence-corrected chi connectivity index (χ4v) is 1.71. The average Bonchev–Trinajstić information content (AvgIpc) is 2.75. The molecule has 0 aliphatic rings. The first-order valence-corrected chi connectivity index (χ1v) is 6.86. The molecule has 0 aromatic carbocycles. The van der Waals surface area contributed by atoms with E-state index in [1.54, 1.807) is 25.4 Å². The maximum Gasteiger partial charge on any atom is 0.339 e. The van der Waals surface area contributed by atoms with Crippen molar-refractivity contribution in [1.82, 2.24) is 4.57 Å². The quantitative estimate of drug-likeness (QED) is 0.752. The predicted molar refractivity (Wildman–Crippen MR) is 75.5 cm³/mol. The van der Waals surface area contributed by atoms with Gasteiger partial charge in [0.1, 0.15) is 5.60 Å². The normalized spacial score (nSPS) is 11.2. The van der Waals surface area contributed by atoms with Gasteiger partial charge in [-0.15, -0.1) is 0 Å². The molecule has 0 saturated carbocycles. The molecule has 0 aliphatic carbocycles.